The van der Waals surface area contributed by atoms with E-state index in [1.165, 1.54) is 17.0 Å². The van der Waals surface area contributed by atoms with Crippen molar-refractivity contribution in [3.63, 3.8) is 0 Å². The van der Waals surface area contributed by atoms with E-state index in [4.69, 9.17) is 33.7 Å². The maximum absolute atomic E-state index is 14.2. The first-order valence-electron chi connectivity index (χ1n) is 25.0. The van der Waals surface area contributed by atoms with Crippen LogP contribution in [0, 0.1) is 18.2 Å². The number of nitrogens with one attached hydrogen (secondary N) is 3. The Labute approximate surface area is 454 Å². The van der Waals surface area contributed by atoms with E-state index in [0.717, 1.165) is 27.8 Å². The first-order chi connectivity index (χ1) is 36.0. The first kappa shape index (κ1) is 57.0. The second-order valence-corrected chi connectivity index (χ2v) is 22.0. The summed E-state index contributed by atoms with van der Waals surface area (Å²) >= 11 is 14.0. The number of nitrogen functional groups attached to an aromatic ring is 1. The van der Waals surface area contributed by atoms with Crippen molar-refractivity contribution in [3.05, 3.63) is 116 Å². The van der Waals surface area contributed by atoms with Gasteiger partial charge in [0.05, 0.1) is 27.2 Å². The number of unbranched alkanes of at least 4 members (excludes halogenated alkanes) is 1. The summed E-state index contributed by atoms with van der Waals surface area (Å²) in [5.74, 6) is -3.03. The molecular formula is C54H63Cl2FN10O8S. The van der Waals surface area contributed by atoms with Crippen LogP contribution in [0.15, 0.2) is 72.2 Å². The monoisotopic (exact) mass is 1100 g/mol. The third-order valence-corrected chi connectivity index (χ3v) is 15.1. The topological polar surface area (TPSA) is 242 Å². The molecule has 4 heterocycles. The number of hydrogen-bond acceptors (Lipinski definition) is 13. The zero-order valence-electron chi connectivity index (χ0n) is 43.4. The standard InChI is InChI=1S/C54H63Cl2FN10O8S/c1-29-25-65(52(73)35-16-18-36(19-17-35)61-50(71)40-23-42(49(58)64-63-40)75-32(4)45-38(55)20-21-39(57)46(45)56)26-30(2)67(29)44(70)11-9-8-10-43(69)62-48(54(5,6)7)53(74)66-27-37(68)22-41(66)51(72)59-24-33-12-14-34(15-13-33)47-31(3)60-28-76-47/h12-21,23,28-30,32,37,41,48,68H,8-11,22,24-27H2,1-7H3,(H2,58,64)(H,59,72)(H,61,71)(H,62,69)/t29-,30+,32?,37-,41+,48?/m1/s1. The van der Waals surface area contributed by atoms with Gasteiger partial charge in [-0.05, 0) is 93.5 Å². The van der Waals surface area contributed by atoms with Gasteiger partial charge in [-0.2, -0.15) is 0 Å². The van der Waals surface area contributed by atoms with Crippen molar-refractivity contribution in [2.24, 2.45) is 5.41 Å². The Morgan fingerprint density at radius 3 is 2.25 bits per heavy atom. The number of β-amino-alcohol motifs (C(OH)–C–C–N with tert-alkyl or cyclic N) is 1. The number of aryl methyl sites for hydroxylation is 1. The second kappa shape index (κ2) is 24.5. The number of aromatic nitrogens is 3. The van der Waals surface area contributed by atoms with Crippen LogP contribution in [-0.2, 0) is 25.7 Å². The van der Waals surface area contributed by atoms with Crippen molar-refractivity contribution < 1.29 is 43.0 Å². The number of carbonyl (C=O) groups excluding carboxylic acids is 6. The van der Waals surface area contributed by atoms with Gasteiger partial charge in [0, 0.05) is 85.4 Å². The van der Waals surface area contributed by atoms with Crippen molar-refractivity contribution in [2.45, 2.75) is 123 Å². The number of nitrogens with two attached hydrogens (primary N) is 1. The van der Waals surface area contributed by atoms with E-state index in [9.17, 15) is 38.3 Å². The highest BCUT2D eigenvalue weighted by Crippen LogP contribution is 2.36. The fraction of sp³-hybridized carbons (Fsp3) is 0.426. The molecule has 2 aliphatic heterocycles. The van der Waals surface area contributed by atoms with Crippen LogP contribution in [0.4, 0.5) is 15.9 Å². The molecule has 0 bridgehead atoms. The van der Waals surface area contributed by atoms with Crippen molar-refractivity contribution in [1.82, 2.24) is 40.5 Å². The van der Waals surface area contributed by atoms with Crippen LogP contribution in [0.25, 0.3) is 10.4 Å². The summed E-state index contributed by atoms with van der Waals surface area (Å²) in [5, 5.41) is 26.8. The van der Waals surface area contributed by atoms with E-state index in [-0.39, 0.29) is 108 Å². The summed E-state index contributed by atoms with van der Waals surface area (Å²) in [6.07, 6.45) is -0.674. The van der Waals surface area contributed by atoms with Gasteiger partial charge in [-0.15, -0.1) is 21.5 Å². The molecule has 3 aromatic carbocycles. The zero-order valence-corrected chi connectivity index (χ0v) is 45.7. The number of hydrogen-bond donors (Lipinski definition) is 5. The predicted octanol–water partition coefficient (Wildman–Crippen LogP) is 7.76. The van der Waals surface area contributed by atoms with Crippen molar-refractivity contribution in [2.75, 3.05) is 30.7 Å². The highest BCUT2D eigenvalue weighted by molar-refractivity contribution is 7.13. The van der Waals surface area contributed by atoms with Gasteiger partial charge in [0.15, 0.2) is 17.3 Å². The number of likely N-dealkylation sites (tertiary alicyclic amines) is 1. The Balaban J connectivity index is 0.852. The Hall–Kier alpha value is -6.74. The molecule has 6 amide bonds. The predicted molar refractivity (Wildman–Crippen MR) is 288 cm³/mol. The largest absolute Gasteiger partial charge is 0.482 e. The average Bonchev–Trinajstić information content (AvgIpc) is 4.00. The maximum atomic E-state index is 14.2. The Morgan fingerprint density at radius 2 is 1.61 bits per heavy atom. The number of aliphatic hydroxyl groups is 1. The van der Waals surface area contributed by atoms with Gasteiger partial charge in [0.25, 0.3) is 11.8 Å². The van der Waals surface area contributed by atoms with Gasteiger partial charge >= 0.3 is 0 Å². The number of rotatable bonds is 17. The van der Waals surface area contributed by atoms with Crippen molar-refractivity contribution >= 4 is 81.5 Å². The number of aliphatic hydroxyl groups excluding tert-OH is 1. The molecule has 2 unspecified atom stereocenters. The highest BCUT2D eigenvalue weighted by Gasteiger charge is 2.44. The van der Waals surface area contributed by atoms with Crippen LogP contribution >= 0.6 is 34.5 Å². The van der Waals surface area contributed by atoms with E-state index < -0.39 is 53.2 Å². The van der Waals surface area contributed by atoms with Gasteiger partial charge in [-0.1, -0.05) is 68.2 Å². The summed E-state index contributed by atoms with van der Waals surface area (Å²) in [4.78, 5) is 91.8. The van der Waals surface area contributed by atoms with Crippen molar-refractivity contribution in [3.8, 4) is 16.2 Å². The molecule has 0 radical (unpaired) electrons. The minimum atomic E-state index is -0.983. The maximum Gasteiger partial charge on any atom is 0.276 e. The fourth-order valence-corrected chi connectivity index (χ4v) is 11.0. The molecule has 0 aliphatic carbocycles. The Bertz CT molecular complexity index is 2950. The van der Waals surface area contributed by atoms with E-state index in [1.54, 1.807) is 57.8 Å². The zero-order chi connectivity index (χ0) is 55.2. The lowest BCUT2D eigenvalue weighted by atomic mass is 9.85. The van der Waals surface area contributed by atoms with Crippen LogP contribution in [-0.4, -0.2) is 120 Å². The summed E-state index contributed by atoms with van der Waals surface area (Å²) < 4.78 is 20.0. The molecule has 7 rings (SSSR count). The molecule has 2 aromatic heterocycles. The molecule has 2 saturated heterocycles. The normalized spacial score (nSPS) is 18.4. The lowest BCUT2D eigenvalue weighted by Crippen LogP contribution is -2.59. The quantitative estimate of drug-likeness (QED) is 0.0443. The van der Waals surface area contributed by atoms with Crippen LogP contribution < -0.4 is 26.4 Å². The van der Waals surface area contributed by atoms with Crippen molar-refractivity contribution in [1.29, 1.82) is 0 Å². The third-order valence-electron chi connectivity index (χ3n) is 13.4. The lowest BCUT2D eigenvalue weighted by molar-refractivity contribution is -0.144. The molecule has 22 heteroatoms. The molecule has 6 atom stereocenters. The van der Waals surface area contributed by atoms with Crippen LogP contribution in [0.3, 0.4) is 0 Å². The number of benzene rings is 3. The van der Waals surface area contributed by atoms with Crippen LogP contribution in [0.5, 0.6) is 5.75 Å². The molecule has 5 aromatic rings. The van der Waals surface area contributed by atoms with Crippen LogP contribution in [0.2, 0.25) is 10.0 Å². The van der Waals surface area contributed by atoms with E-state index in [0.29, 0.717) is 24.1 Å². The smallest absolute Gasteiger partial charge is 0.276 e. The highest BCUT2D eigenvalue weighted by atomic mass is 35.5. The van der Waals surface area contributed by atoms with Crippen LogP contribution in [0.1, 0.15) is 117 Å². The minimum absolute atomic E-state index is 0.00559. The number of carbonyl (C=O) groups is 6. The molecule has 2 fully saturated rings. The van der Waals surface area contributed by atoms with Gasteiger partial charge in [-0.25, -0.2) is 9.37 Å². The van der Waals surface area contributed by atoms with E-state index >= 15 is 0 Å². The number of ether oxygens (including phenoxy) is 1. The molecule has 76 heavy (non-hydrogen) atoms. The lowest BCUT2D eigenvalue weighted by Gasteiger charge is -2.44. The van der Waals surface area contributed by atoms with E-state index in [2.05, 4.69) is 31.1 Å². The number of anilines is 2. The molecule has 0 saturated carbocycles. The second-order valence-electron chi connectivity index (χ2n) is 20.4. The fourth-order valence-electron chi connectivity index (χ4n) is 9.51. The van der Waals surface area contributed by atoms with Gasteiger partial charge in [0.2, 0.25) is 23.6 Å². The molecule has 0 spiro atoms. The minimum Gasteiger partial charge on any atom is -0.482 e. The Morgan fingerprint density at radius 1 is 0.934 bits per heavy atom. The molecular weight excluding hydrogens is 1040 g/mol. The summed E-state index contributed by atoms with van der Waals surface area (Å²) in [7, 11) is 0. The third kappa shape index (κ3) is 13.6. The number of amides is 6. The molecule has 404 valence electrons. The first-order valence-corrected chi connectivity index (χ1v) is 26.6. The number of piperazine rings is 1. The molecule has 6 N–H and O–H groups in total. The number of nitrogens with zero attached hydrogens (tertiary/aromatic N) is 6. The number of halogens is 3. The van der Waals surface area contributed by atoms with Gasteiger partial charge in [-0.3, -0.25) is 28.8 Å². The summed E-state index contributed by atoms with van der Waals surface area (Å²) in [6, 6.07) is 15.4. The Kier molecular flexibility index (Phi) is 18.4. The van der Waals surface area contributed by atoms with Gasteiger partial charge in [0.1, 0.15) is 24.0 Å². The summed E-state index contributed by atoms with van der Waals surface area (Å²) in [6.45, 7) is 13.5. The molecule has 2 aliphatic rings. The molecule has 18 nitrogen and oxygen atoms in total. The number of thiazole rings is 1. The average molecular weight is 1100 g/mol. The SMILES string of the molecule is Cc1ncsc1-c1ccc(CNC(=O)[C@@H]2C[C@@H](O)CN2C(=O)C(NC(=O)CCCCC(=O)N2[C@H](C)CN(C(=O)c3ccc(NC(=O)c4cc(OC(C)c5c(Cl)ccc(F)c5Cl)c(N)nn4)cc3)C[C@@H]2C)C(C)(C)C)cc1. The van der Waals surface area contributed by atoms with E-state index in [1.807, 2.05) is 65.8 Å². The van der Waals surface area contributed by atoms with Gasteiger partial charge < -0.3 is 46.2 Å². The summed E-state index contributed by atoms with van der Waals surface area (Å²) in [5.41, 5.74) is 10.7.